The van der Waals surface area contributed by atoms with Gasteiger partial charge in [-0.25, -0.2) is 0 Å². The van der Waals surface area contributed by atoms with E-state index >= 15 is 0 Å². The third kappa shape index (κ3) is 2890. The van der Waals surface area contributed by atoms with E-state index in [1.807, 2.05) is 33.2 Å². The number of carbonyl (C=O) groups excluding carboxylic acids is 2. The molecule has 0 heterocycles. The molecule has 0 atom stereocenters. The molecule has 0 bridgehead atoms. The molecule has 0 aliphatic rings. The van der Waals surface area contributed by atoms with Gasteiger partial charge in [-0.05, 0) is 12.3 Å². The van der Waals surface area contributed by atoms with Crippen molar-refractivity contribution in [3.05, 3.63) is 0 Å². The number of carboxylic acid groups (broad SMARTS) is 4. The van der Waals surface area contributed by atoms with E-state index in [2.05, 4.69) is 2.84 Å². The Morgan fingerprint density at radius 2 is 0.909 bits per heavy atom. The Bertz CT molecular complexity index is 82.6. The van der Waals surface area contributed by atoms with Gasteiger partial charge in [0.1, 0.15) is 0 Å². The summed E-state index contributed by atoms with van der Waals surface area (Å²) in [4.78, 5) is 16.7. The Kier molecular flexibility index (Phi) is 25.0. The van der Waals surface area contributed by atoms with Crippen LogP contribution in [0.2, 0.25) is 0 Å². The van der Waals surface area contributed by atoms with Crippen LogP contribution in [-0.4, -0.2) is 45.6 Å². The monoisotopic (exact) mass is 190 g/mol. The Hall–Kier alpha value is -0.435. The van der Waals surface area contributed by atoms with Gasteiger partial charge in [0, 0.05) is 0 Å². The number of carbonyl (C=O) groups is 2. The van der Waals surface area contributed by atoms with E-state index in [0.717, 1.165) is 0 Å². The van der Waals surface area contributed by atoms with Gasteiger partial charge in [-0.2, -0.15) is 0 Å². The van der Waals surface area contributed by atoms with Crippen LogP contribution in [0.1, 0.15) is 0 Å². The molecule has 0 spiro atoms. The van der Waals surface area contributed by atoms with Crippen molar-refractivity contribution < 1.29 is 32.9 Å². The molecular weight excluding hydrogens is 190 g/mol. The third-order valence-corrected chi connectivity index (χ3v) is 0. The quantitative estimate of drug-likeness (QED) is 0.347. The second kappa shape index (κ2) is 16.3. The summed E-state index contributed by atoms with van der Waals surface area (Å²) in [7, 11) is 0. The van der Waals surface area contributed by atoms with E-state index in [4.69, 9.17) is 30.0 Å². The van der Waals surface area contributed by atoms with Gasteiger partial charge >= 0.3 is 36.1 Å². The molecule has 0 rings (SSSR count). The second-order valence-electron chi connectivity index (χ2n) is 0.636. The summed E-state index contributed by atoms with van der Waals surface area (Å²) in [6, 6.07) is 0. The molecule has 0 saturated carbocycles. The van der Waals surface area contributed by atoms with Crippen LogP contribution in [0.25, 0.3) is 0 Å². The molecule has 0 aromatic rings. The standard InChI is InChI=1S/2CH2O3.2Al.O/c2*2-1(3)4;;;/h2*(H2,2,3,4);;;/q;;2*+2;/p-4. The first kappa shape index (κ1) is 16.9. The van der Waals surface area contributed by atoms with Crippen LogP contribution in [0.4, 0.5) is 9.59 Å². The van der Waals surface area contributed by atoms with E-state index in [-0.39, 0.29) is 0 Å². The summed E-state index contributed by atoms with van der Waals surface area (Å²) in [5.74, 6) is 0. The number of rotatable bonds is 0. The molecule has 0 radical (unpaired) electrons. The molecule has 0 aromatic heterocycles. The summed E-state index contributed by atoms with van der Waals surface area (Å²) in [5.41, 5.74) is 0. The molecule has 0 aromatic carbocycles. The topological polar surface area (TPSA) is 136 Å². The Labute approximate surface area is 78.7 Å². The fourth-order valence-electron chi connectivity index (χ4n) is 0. The zero-order valence-electron chi connectivity index (χ0n) is 5.01. The first-order chi connectivity index (χ1) is 4.88. The summed E-state index contributed by atoms with van der Waals surface area (Å²) in [6.07, 6.45) is -4.67. The molecule has 0 unspecified atom stereocenters. The van der Waals surface area contributed by atoms with Crippen LogP contribution in [-0.2, 0) is 2.84 Å². The fourth-order valence-corrected chi connectivity index (χ4v) is 0. The van der Waals surface area contributed by atoms with Crippen LogP contribution in [0.3, 0.4) is 0 Å². The Morgan fingerprint density at radius 1 is 0.909 bits per heavy atom. The molecule has 0 fully saturated rings. The zero-order valence-corrected chi connectivity index (χ0v) is 7.32. The van der Waals surface area contributed by atoms with Crippen molar-refractivity contribution in [3.8, 4) is 0 Å². The zero-order chi connectivity index (χ0) is 9.86. The average Bonchev–Trinajstić information content (AvgIpc) is 1.60. The van der Waals surface area contributed by atoms with Gasteiger partial charge < -0.3 is 30.0 Å². The molecule has 0 saturated heterocycles. The van der Waals surface area contributed by atoms with E-state index in [1.165, 1.54) is 0 Å². The summed E-state index contributed by atoms with van der Waals surface area (Å²) >= 11 is 4.08. The third-order valence-electron chi connectivity index (χ3n) is 0. The van der Waals surface area contributed by atoms with Crippen LogP contribution < -0.4 is 20.4 Å². The van der Waals surface area contributed by atoms with Gasteiger partial charge in [0.15, 0.2) is 0 Å². The number of hydrogen-bond donors (Lipinski definition) is 0. The summed E-state index contributed by atoms with van der Waals surface area (Å²) in [6.45, 7) is 0. The van der Waals surface area contributed by atoms with Gasteiger partial charge in [0.2, 0.25) is 0 Å². The molecular formula is C2Al2O7. The van der Waals surface area contributed by atoms with Gasteiger partial charge in [-0.3, -0.25) is 0 Å². The number of hydrogen-bond acceptors (Lipinski definition) is 7. The molecule has 56 valence electrons. The molecule has 11 heavy (non-hydrogen) atoms. The normalized spacial score (nSPS) is 6.18. The first-order valence-corrected chi connectivity index (χ1v) is 2.64. The van der Waals surface area contributed by atoms with Crippen molar-refractivity contribution in [2.24, 2.45) is 0 Å². The Morgan fingerprint density at radius 3 is 0.909 bits per heavy atom. The van der Waals surface area contributed by atoms with Crippen LogP contribution in [0, 0.1) is 0 Å². The molecule has 0 aliphatic carbocycles. The second-order valence-corrected chi connectivity index (χ2v) is 1.72. The molecule has 0 amide bonds. The van der Waals surface area contributed by atoms with Crippen molar-refractivity contribution in [1.29, 1.82) is 0 Å². The van der Waals surface area contributed by atoms with Gasteiger partial charge in [0.25, 0.3) is 0 Å². The predicted octanol–water partition coefficient (Wildman–Crippen LogP) is -5.72. The molecule has 7 nitrogen and oxygen atoms in total. The van der Waals surface area contributed by atoms with Crippen LogP contribution in [0.15, 0.2) is 0 Å². The van der Waals surface area contributed by atoms with Gasteiger partial charge in [-0.15, -0.1) is 0 Å². The minimum atomic E-state index is -2.33. The van der Waals surface area contributed by atoms with Crippen molar-refractivity contribution in [2.45, 2.75) is 0 Å². The van der Waals surface area contributed by atoms with Crippen molar-refractivity contribution >= 4 is 45.6 Å². The van der Waals surface area contributed by atoms with Gasteiger partial charge in [-0.1, -0.05) is 0 Å². The fraction of sp³-hybridized carbons (Fsp3) is 0. The first-order valence-electron chi connectivity index (χ1n) is 1.70. The van der Waals surface area contributed by atoms with Gasteiger partial charge in [0.05, 0.1) is 0 Å². The Balaban J connectivity index is -0.0000000886. The maximum atomic E-state index is 8.33. The van der Waals surface area contributed by atoms with E-state index in [9.17, 15) is 0 Å². The SMILES string of the molecule is O=C([O-])[O-].O=C([O-])[O-].[Al+2][O][Al+2]. The minimum absolute atomic E-state index is 2.04. The van der Waals surface area contributed by atoms with Crippen molar-refractivity contribution in [3.63, 3.8) is 0 Å². The van der Waals surface area contributed by atoms with E-state index in [0.29, 0.717) is 0 Å². The van der Waals surface area contributed by atoms with Crippen molar-refractivity contribution in [1.82, 2.24) is 0 Å². The van der Waals surface area contributed by atoms with E-state index < -0.39 is 12.3 Å². The van der Waals surface area contributed by atoms with Crippen molar-refractivity contribution in [2.75, 3.05) is 0 Å². The maximum absolute atomic E-state index is 8.33. The predicted molar refractivity (Wildman–Crippen MR) is 23.4 cm³/mol. The molecule has 9 heteroatoms. The molecule has 0 N–H and O–H groups in total. The molecule has 0 aliphatic heterocycles. The summed E-state index contributed by atoms with van der Waals surface area (Å²) in [5, 5.41) is 33.3. The van der Waals surface area contributed by atoms with Crippen LogP contribution in [0.5, 0.6) is 0 Å². The van der Waals surface area contributed by atoms with E-state index in [1.54, 1.807) is 0 Å². The summed E-state index contributed by atoms with van der Waals surface area (Å²) < 4.78 is 4.08. The average molecular weight is 190 g/mol. The van der Waals surface area contributed by atoms with Crippen LogP contribution >= 0.6 is 0 Å².